The van der Waals surface area contributed by atoms with Gasteiger partial charge in [-0.3, -0.25) is 14.5 Å². The van der Waals surface area contributed by atoms with E-state index in [2.05, 4.69) is 4.90 Å². The van der Waals surface area contributed by atoms with Gasteiger partial charge >= 0.3 is 0 Å². The molecule has 2 fully saturated rings. The molecular weight excluding hydrogens is 322 g/mol. The molecule has 3 rings (SSSR count). The number of nitrogens with zero attached hydrogens (tertiary/aromatic N) is 2. The molecule has 0 atom stereocenters. The monoisotopic (exact) mass is 347 g/mol. The van der Waals surface area contributed by atoms with Gasteiger partial charge in [0.25, 0.3) is 5.91 Å². The molecule has 1 aromatic carbocycles. The molecule has 0 unspecified atom stereocenters. The predicted octanol–water partition coefficient (Wildman–Crippen LogP) is 0.726. The number of nitrogens with two attached hydrogens (primary N) is 1. The zero-order valence-corrected chi connectivity index (χ0v) is 14.7. The third-order valence-electron chi connectivity index (χ3n) is 5.23. The van der Waals surface area contributed by atoms with Crippen LogP contribution in [0.15, 0.2) is 18.2 Å². The number of carbonyl (C=O) groups is 2. The predicted molar refractivity (Wildman–Crippen MR) is 92.7 cm³/mol. The average Bonchev–Trinajstić information content (AvgIpc) is 2.59. The van der Waals surface area contributed by atoms with Crippen molar-refractivity contribution >= 4 is 11.8 Å². The molecule has 0 spiro atoms. The molecular formula is C18H25N3O4. The van der Waals surface area contributed by atoms with E-state index in [1.54, 1.807) is 25.3 Å². The van der Waals surface area contributed by atoms with Gasteiger partial charge in [0.1, 0.15) is 0 Å². The average molecular weight is 347 g/mol. The Kier molecular flexibility index (Phi) is 5.13. The maximum Gasteiger partial charge on any atom is 0.257 e. The molecule has 1 aromatic rings. The maximum absolute atomic E-state index is 12.8. The smallest absolute Gasteiger partial charge is 0.257 e. The van der Waals surface area contributed by atoms with E-state index in [0.717, 1.165) is 25.9 Å². The summed E-state index contributed by atoms with van der Waals surface area (Å²) in [4.78, 5) is 28.2. The molecule has 25 heavy (non-hydrogen) atoms. The molecule has 0 bridgehead atoms. The Labute approximate surface area is 147 Å². The van der Waals surface area contributed by atoms with Crippen molar-refractivity contribution in [1.82, 2.24) is 9.80 Å². The number of primary amides is 1. The molecule has 2 saturated heterocycles. The van der Waals surface area contributed by atoms with Crippen LogP contribution in [0.2, 0.25) is 0 Å². The van der Waals surface area contributed by atoms with Gasteiger partial charge in [0.15, 0.2) is 11.5 Å². The summed E-state index contributed by atoms with van der Waals surface area (Å²) in [7, 11) is 3.10. The Hall–Kier alpha value is -2.28. The van der Waals surface area contributed by atoms with Crippen molar-refractivity contribution in [2.45, 2.75) is 18.9 Å². The van der Waals surface area contributed by atoms with E-state index in [4.69, 9.17) is 15.2 Å². The van der Waals surface area contributed by atoms with Gasteiger partial charge in [0.05, 0.1) is 19.8 Å². The molecule has 2 heterocycles. The first kappa shape index (κ1) is 17.5. The standard InChI is InChI=1S/C18H25N3O4/c1-24-15-5-3-4-14(16(15)25-2)18(23)21-10-13(11-21)20-8-6-12(7-9-20)17(19)22/h3-5,12-13H,6-11H2,1-2H3,(H2,19,22). The van der Waals surface area contributed by atoms with Crippen LogP contribution in [0.5, 0.6) is 11.5 Å². The van der Waals surface area contributed by atoms with E-state index in [-0.39, 0.29) is 17.7 Å². The fourth-order valence-electron chi connectivity index (χ4n) is 3.63. The summed E-state index contributed by atoms with van der Waals surface area (Å²) in [5.41, 5.74) is 5.90. The van der Waals surface area contributed by atoms with E-state index in [1.165, 1.54) is 7.11 Å². The van der Waals surface area contributed by atoms with Crippen molar-refractivity contribution in [3.8, 4) is 11.5 Å². The normalized spacial score (nSPS) is 19.4. The molecule has 7 heteroatoms. The minimum atomic E-state index is -0.199. The van der Waals surface area contributed by atoms with Crippen molar-refractivity contribution in [3.63, 3.8) is 0 Å². The van der Waals surface area contributed by atoms with E-state index >= 15 is 0 Å². The van der Waals surface area contributed by atoms with Crippen LogP contribution in [0.4, 0.5) is 0 Å². The van der Waals surface area contributed by atoms with Crippen LogP contribution >= 0.6 is 0 Å². The lowest BCUT2D eigenvalue weighted by atomic mass is 9.93. The number of para-hydroxylation sites is 1. The van der Waals surface area contributed by atoms with Crippen molar-refractivity contribution in [2.75, 3.05) is 40.4 Å². The first-order chi connectivity index (χ1) is 12.0. The molecule has 0 aliphatic carbocycles. The van der Waals surface area contributed by atoms with Gasteiger partial charge in [0, 0.05) is 25.0 Å². The van der Waals surface area contributed by atoms with E-state index in [9.17, 15) is 9.59 Å². The van der Waals surface area contributed by atoms with E-state index < -0.39 is 0 Å². The molecule has 7 nitrogen and oxygen atoms in total. The topological polar surface area (TPSA) is 85.1 Å². The van der Waals surface area contributed by atoms with Gasteiger partial charge in [-0.1, -0.05) is 6.07 Å². The number of hydrogen-bond donors (Lipinski definition) is 1. The zero-order chi connectivity index (χ0) is 18.0. The number of amides is 2. The third-order valence-corrected chi connectivity index (χ3v) is 5.23. The number of benzene rings is 1. The van der Waals surface area contributed by atoms with Crippen LogP contribution in [0.25, 0.3) is 0 Å². The van der Waals surface area contributed by atoms with Crippen molar-refractivity contribution in [3.05, 3.63) is 23.8 Å². The maximum atomic E-state index is 12.8. The Morgan fingerprint density at radius 1 is 1.12 bits per heavy atom. The molecule has 0 aromatic heterocycles. The lowest BCUT2D eigenvalue weighted by Gasteiger charge is -2.47. The van der Waals surface area contributed by atoms with Crippen molar-refractivity contribution in [2.24, 2.45) is 11.7 Å². The fraction of sp³-hybridized carbons (Fsp3) is 0.556. The highest BCUT2D eigenvalue weighted by atomic mass is 16.5. The summed E-state index contributed by atoms with van der Waals surface area (Å²) in [6.07, 6.45) is 1.62. The van der Waals surface area contributed by atoms with E-state index in [0.29, 0.717) is 36.2 Å². The van der Waals surface area contributed by atoms with Crippen LogP contribution in [-0.4, -0.2) is 68.1 Å². The Bertz CT molecular complexity index is 650. The van der Waals surface area contributed by atoms with Crippen molar-refractivity contribution < 1.29 is 19.1 Å². The highest BCUT2D eigenvalue weighted by molar-refractivity contribution is 5.98. The van der Waals surface area contributed by atoms with Crippen LogP contribution in [0, 0.1) is 5.92 Å². The Morgan fingerprint density at radius 2 is 1.80 bits per heavy atom. The van der Waals surface area contributed by atoms with Crippen LogP contribution in [0.3, 0.4) is 0 Å². The number of methoxy groups -OCH3 is 2. The first-order valence-corrected chi connectivity index (χ1v) is 8.58. The van der Waals surface area contributed by atoms with Gasteiger partial charge in [-0.2, -0.15) is 0 Å². The van der Waals surface area contributed by atoms with Crippen molar-refractivity contribution in [1.29, 1.82) is 0 Å². The second kappa shape index (κ2) is 7.31. The third kappa shape index (κ3) is 3.42. The number of likely N-dealkylation sites (tertiary alicyclic amines) is 2. The van der Waals surface area contributed by atoms with E-state index in [1.807, 2.05) is 4.90 Å². The second-order valence-electron chi connectivity index (χ2n) is 6.62. The fourth-order valence-corrected chi connectivity index (χ4v) is 3.63. The molecule has 0 saturated carbocycles. The molecule has 2 amide bonds. The van der Waals surface area contributed by atoms with Gasteiger partial charge in [-0.05, 0) is 38.1 Å². The number of hydrogen-bond acceptors (Lipinski definition) is 5. The summed E-state index contributed by atoms with van der Waals surface area (Å²) < 4.78 is 10.6. The second-order valence-corrected chi connectivity index (χ2v) is 6.62. The zero-order valence-electron chi connectivity index (χ0n) is 14.7. The minimum absolute atomic E-state index is 0.00453. The minimum Gasteiger partial charge on any atom is -0.493 e. The van der Waals surface area contributed by atoms with Crippen LogP contribution in [-0.2, 0) is 4.79 Å². The number of rotatable bonds is 5. The summed E-state index contributed by atoms with van der Waals surface area (Å²) in [5, 5.41) is 0. The van der Waals surface area contributed by atoms with Gasteiger partial charge in [-0.15, -0.1) is 0 Å². The lowest BCUT2D eigenvalue weighted by Crippen LogP contribution is -2.62. The number of piperidine rings is 1. The molecule has 2 aliphatic rings. The lowest BCUT2D eigenvalue weighted by molar-refractivity contribution is -0.123. The molecule has 2 N–H and O–H groups in total. The van der Waals surface area contributed by atoms with Gasteiger partial charge in [0.2, 0.25) is 5.91 Å². The summed E-state index contributed by atoms with van der Waals surface area (Å²) in [6, 6.07) is 5.68. The number of carbonyl (C=O) groups excluding carboxylic acids is 2. The summed E-state index contributed by atoms with van der Waals surface area (Å²) >= 11 is 0. The highest BCUT2D eigenvalue weighted by Crippen LogP contribution is 2.33. The molecule has 0 radical (unpaired) electrons. The summed E-state index contributed by atoms with van der Waals surface area (Å²) in [6.45, 7) is 3.12. The summed E-state index contributed by atoms with van der Waals surface area (Å²) in [5.74, 6) is 0.781. The Morgan fingerprint density at radius 3 is 2.36 bits per heavy atom. The molecule has 2 aliphatic heterocycles. The first-order valence-electron chi connectivity index (χ1n) is 8.58. The largest absolute Gasteiger partial charge is 0.493 e. The molecule has 136 valence electrons. The van der Waals surface area contributed by atoms with Gasteiger partial charge < -0.3 is 20.1 Å². The highest BCUT2D eigenvalue weighted by Gasteiger charge is 2.38. The SMILES string of the molecule is COc1cccc(C(=O)N2CC(N3CCC(C(N)=O)CC3)C2)c1OC. The van der Waals surface area contributed by atoms with Gasteiger partial charge in [-0.25, -0.2) is 0 Å². The quantitative estimate of drug-likeness (QED) is 0.849. The Balaban J connectivity index is 1.58. The van der Waals surface area contributed by atoms with Crippen LogP contribution in [0.1, 0.15) is 23.2 Å². The number of ether oxygens (including phenoxy) is 2. The van der Waals surface area contributed by atoms with Crippen LogP contribution < -0.4 is 15.2 Å².